The van der Waals surface area contributed by atoms with Gasteiger partial charge in [-0.15, -0.1) is 0 Å². The summed E-state index contributed by atoms with van der Waals surface area (Å²) in [4.78, 5) is 0. The molecule has 1 heteroatoms. The summed E-state index contributed by atoms with van der Waals surface area (Å²) in [5.74, 6) is 0. The Morgan fingerprint density at radius 2 is 1.47 bits per heavy atom. The maximum Gasteiger partial charge on any atom is 0.0736 e. The number of allylic oxidation sites excluding steroid dienone is 1. The molecular formula is C18H28Si. The Morgan fingerprint density at radius 1 is 0.947 bits per heavy atom. The van der Waals surface area contributed by atoms with Crippen LogP contribution in [0, 0.1) is 0 Å². The largest absolute Gasteiger partial charge is 0.0736 e. The molecule has 0 N–H and O–H groups in total. The van der Waals surface area contributed by atoms with Crippen LogP contribution in [0.15, 0.2) is 17.3 Å². The molecule has 0 amide bonds. The molecule has 2 rings (SSSR count). The molecule has 1 aliphatic rings. The highest BCUT2D eigenvalue weighted by Gasteiger charge is 2.39. The van der Waals surface area contributed by atoms with Crippen LogP contribution in [-0.2, 0) is 18.3 Å². The molecule has 0 aromatic heterocycles. The number of aryl methyl sites for hydroxylation is 2. The molecule has 0 radical (unpaired) electrons. The number of hydrogen-bond acceptors (Lipinski definition) is 0. The normalized spacial score (nSPS) is 17.3. The minimum absolute atomic E-state index is 0.232. The second-order valence-electron chi connectivity index (χ2n) is 7.35. The Kier molecular flexibility index (Phi) is 3.55. The summed E-state index contributed by atoms with van der Waals surface area (Å²) >= 11 is 0. The molecule has 104 valence electrons. The number of fused-ring (bicyclic) bond motifs is 1. The van der Waals surface area contributed by atoms with Gasteiger partial charge in [0.05, 0.1) is 8.07 Å². The maximum atomic E-state index is 2.50. The third kappa shape index (κ3) is 2.33. The van der Waals surface area contributed by atoms with Crippen molar-refractivity contribution in [3.63, 3.8) is 0 Å². The lowest BCUT2D eigenvalue weighted by atomic mass is 9.84. The van der Waals surface area contributed by atoms with Crippen LogP contribution in [-0.4, -0.2) is 8.07 Å². The van der Waals surface area contributed by atoms with E-state index in [0.29, 0.717) is 0 Å². The van der Waals surface area contributed by atoms with Gasteiger partial charge in [-0.3, -0.25) is 0 Å². The van der Waals surface area contributed by atoms with Crippen LogP contribution < -0.4 is 0 Å². The lowest BCUT2D eigenvalue weighted by Crippen LogP contribution is -2.34. The van der Waals surface area contributed by atoms with Crippen molar-refractivity contribution < 1.29 is 0 Å². The van der Waals surface area contributed by atoms with Gasteiger partial charge < -0.3 is 0 Å². The Bertz CT molecular complexity index is 527. The van der Waals surface area contributed by atoms with E-state index in [1.165, 1.54) is 11.1 Å². The fourth-order valence-electron chi connectivity index (χ4n) is 3.66. The van der Waals surface area contributed by atoms with Gasteiger partial charge in [-0.25, -0.2) is 0 Å². The zero-order chi connectivity index (χ0) is 14.4. The molecule has 0 atom stereocenters. The molecule has 0 nitrogen and oxygen atoms in total. The van der Waals surface area contributed by atoms with Gasteiger partial charge in [-0.1, -0.05) is 70.7 Å². The summed E-state index contributed by atoms with van der Waals surface area (Å²) in [6, 6.07) is 4.93. The van der Waals surface area contributed by atoms with Crippen molar-refractivity contribution in [3.8, 4) is 0 Å². The molecular weight excluding hydrogens is 244 g/mol. The van der Waals surface area contributed by atoms with Crippen molar-refractivity contribution in [2.45, 2.75) is 65.6 Å². The van der Waals surface area contributed by atoms with Crippen molar-refractivity contribution in [1.29, 1.82) is 0 Å². The van der Waals surface area contributed by atoms with E-state index >= 15 is 0 Å². The van der Waals surface area contributed by atoms with E-state index in [-0.39, 0.29) is 5.41 Å². The predicted molar refractivity (Wildman–Crippen MR) is 89.5 cm³/mol. The first-order valence-electron chi connectivity index (χ1n) is 7.60. The summed E-state index contributed by atoms with van der Waals surface area (Å²) in [7, 11) is -1.25. The monoisotopic (exact) mass is 272 g/mol. The van der Waals surface area contributed by atoms with Crippen molar-refractivity contribution in [2.24, 2.45) is 0 Å². The van der Waals surface area contributed by atoms with Gasteiger partial charge in [0.25, 0.3) is 0 Å². The van der Waals surface area contributed by atoms with E-state index in [1.54, 1.807) is 16.3 Å². The fourth-order valence-corrected chi connectivity index (χ4v) is 6.26. The average Bonchev–Trinajstić information content (AvgIpc) is 2.59. The van der Waals surface area contributed by atoms with Crippen LogP contribution in [0.5, 0.6) is 0 Å². The molecule has 0 fully saturated rings. The van der Waals surface area contributed by atoms with Gasteiger partial charge >= 0.3 is 0 Å². The van der Waals surface area contributed by atoms with Gasteiger partial charge in [0.15, 0.2) is 0 Å². The topological polar surface area (TPSA) is 0 Å². The first-order valence-corrected chi connectivity index (χ1v) is 11.1. The van der Waals surface area contributed by atoms with Crippen LogP contribution in [0.1, 0.15) is 49.9 Å². The van der Waals surface area contributed by atoms with E-state index in [9.17, 15) is 0 Å². The molecule has 0 aliphatic heterocycles. The van der Waals surface area contributed by atoms with Crippen LogP contribution in [0.3, 0.4) is 0 Å². The van der Waals surface area contributed by atoms with Gasteiger partial charge in [0.1, 0.15) is 0 Å². The maximum absolute atomic E-state index is 2.50. The molecule has 19 heavy (non-hydrogen) atoms. The molecule has 0 heterocycles. The first kappa shape index (κ1) is 14.6. The highest BCUT2D eigenvalue weighted by molar-refractivity contribution is 6.84. The van der Waals surface area contributed by atoms with E-state index in [4.69, 9.17) is 0 Å². The number of benzene rings is 1. The number of rotatable bonds is 3. The Morgan fingerprint density at radius 3 is 1.95 bits per heavy atom. The fraction of sp³-hybridized carbons (Fsp3) is 0.556. The standard InChI is InChI=1S/C18H28Si/c1-8-13-10-15-12-17(19(5,6)7)18(3,4)16(15)11-14(13)9-2/h10-12H,8-9H2,1-7H3. The highest BCUT2D eigenvalue weighted by Crippen LogP contribution is 2.46. The molecule has 1 aromatic rings. The summed E-state index contributed by atoms with van der Waals surface area (Å²) in [5, 5.41) is 1.70. The van der Waals surface area contributed by atoms with E-state index in [0.717, 1.165) is 12.8 Å². The molecule has 0 spiro atoms. The molecule has 0 unspecified atom stereocenters. The molecule has 1 aliphatic carbocycles. The third-order valence-electron chi connectivity index (χ3n) is 4.59. The zero-order valence-corrected chi connectivity index (χ0v) is 14.6. The molecule has 0 saturated heterocycles. The third-order valence-corrected chi connectivity index (χ3v) is 6.97. The number of hydrogen-bond donors (Lipinski definition) is 0. The Hall–Kier alpha value is -0.823. The van der Waals surface area contributed by atoms with E-state index in [1.807, 2.05) is 0 Å². The average molecular weight is 273 g/mol. The highest BCUT2D eigenvalue weighted by atomic mass is 28.3. The van der Waals surface area contributed by atoms with Crippen molar-refractivity contribution in [3.05, 3.63) is 39.6 Å². The Balaban J connectivity index is 2.62. The first-order chi connectivity index (χ1) is 8.71. The van der Waals surface area contributed by atoms with Gasteiger partial charge in [-0.2, -0.15) is 0 Å². The predicted octanol–water partition coefficient (Wildman–Crippen LogP) is 5.36. The smallest absolute Gasteiger partial charge is 0.0707 e. The van der Waals surface area contributed by atoms with Gasteiger partial charge in [0, 0.05) is 5.41 Å². The summed E-state index contributed by atoms with van der Waals surface area (Å²) < 4.78 is 0. The van der Waals surface area contributed by atoms with Gasteiger partial charge in [-0.05, 0) is 35.1 Å². The molecule has 0 saturated carbocycles. The lowest BCUT2D eigenvalue weighted by molar-refractivity contribution is 0.661. The second kappa shape index (κ2) is 4.62. The van der Waals surface area contributed by atoms with Crippen molar-refractivity contribution in [2.75, 3.05) is 0 Å². The SMILES string of the molecule is CCc1cc2c(cc1CC)C(C)(C)C([Si](C)(C)C)=C2. The summed E-state index contributed by atoms with van der Waals surface area (Å²) in [6.07, 6.45) is 4.79. The minimum Gasteiger partial charge on any atom is -0.0707 e. The molecule has 1 aromatic carbocycles. The molecule has 0 bridgehead atoms. The lowest BCUT2D eigenvalue weighted by Gasteiger charge is -2.33. The van der Waals surface area contributed by atoms with Crippen LogP contribution in [0.25, 0.3) is 6.08 Å². The minimum atomic E-state index is -1.25. The van der Waals surface area contributed by atoms with Crippen LogP contribution >= 0.6 is 0 Å². The summed E-state index contributed by atoms with van der Waals surface area (Å²) in [6.45, 7) is 16.8. The van der Waals surface area contributed by atoms with Crippen molar-refractivity contribution >= 4 is 14.1 Å². The van der Waals surface area contributed by atoms with Crippen molar-refractivity contribution in [1.82, 2.24) is 0 Å². The second-order valence-corrected chi connectivity index (χ2v) is 12.4. The zero-order valence-electron chi connectivity index (χ0n) is 13.6. The Labute approximate surface area is 119 Å². The van der Waals surface area contributed by atoms with Crippen LogP contribution in [0.2, 0.25) is 19.6 Å². The van der Waals surface area contributed by atoms with Gasteiger partial charge in [0.2, 0.25) is 0 Å². The quantitative estimate of drug-likeness (QED) is 0.649. The van der Waals surface area contributed by atoms with E-state index < -0.39 is 8.07 Å². The van der Waals surface area contributed by atoms with Crippen LogP contribution in [0.4, 0.5) is 0 Å². The van der Waals surface area contributed by atoms with E-state index in [2.05, 4.69) is 65.5 Å². The summed E-state index contributed by atoms with van der Waals surface area (Å²) in [5.41, 5.74) is 6.34.